The van der Waals surface area contributed by atoms with Crippen molar-refractivity contribution in [3.8, 4) is 0 Å². The first-order valence-electron chi connectivity index (χ1n) is 8.74. The van der Waals surface area contributed by atoms with Gasteiger partial charge in [0, 0.05) is 12.3 Å². The van der Waals surface area contributed by atoms with E-state index < -0.39 is 0 Å². The highest BCUT2D eigenvalue weighted by atomic mass is 32.1. The van der Waals surface area contributed by atoms with E-state index in [1.165, 1.54) is 18.3 Å². The number of rotatable bonds is 6. The minimum Gasteiger partial charge on any atom is -0.459 e. The van der Waals surface area contributed by atoms with Crippen molar-refractivity contribution < 1.29 is 14.3 Å². The fourth-order valence-electron chi connectivity index (χ4n) is 2.83. The monoisotopic (exact) mass is 374 g/mol. The molecule has 140 valence electrons. The Morgan fingerprint density at radius 2 is 1.85 bits per heavy atom. The molecule has 6 heteroatoms. The highest BCUT2D eigenvalue weighted by Gasteiger charge is 2.22. The molecule has 5 nitrogen and oxygen atoms in total. The Balaban J connectivity index is 2.27. The molecule has 0 aliphatic rings. The van der Waals surface area contributed by atoms with Crippen molar-refractivity contribution in [3.63, 3.8) is 0 Å². The molecule has 0 fully saturated rings. The van der Waals surface area contributed by atoms with Gasteiger partial charge in [0.15, 0.2) is 5.13 Å². The summed E-state index contributed by atoms with van der Waals surface area (Å²) in [4.78, 5) is 30.3. The van der Waals surface area contributed by atoms with Gasteiger partial charge in [0.1, 0.15) is 6.61 Å². The third-order valence-electron chi connectivity index (χ3n) is 4.28. The summed E-state index contributed by atoms with van der Waals surface area (Å²) in [5.74, 6) is -0.451. The topological polar surface area (TPSA) is 59.5 Å². The fourth-order valence-corrected chi connectivity index (χ4v) is 3.69. The maximum absolute atomic E-state index is 12.3. The van der Waals surface area contributed by atoms with Gasteiger partial charge in [0.25, 0.3) is 0 Å². The number of esters is 1. The van der Waals surface area contributed by atoms with Gasteiger partial charge >= 0.3 is 5.97 Å². The molecule has 1 amide bonds. The number of ether oxygens (including phenoxy) is 1. The number of anilines is 2. The lowest BCUT2D eigenvalue weighted by atomic mass is 10.0. The van der Waals surface area contributed by atoms with Crippen LogP contribution in [0.15, 0.2) is 17.5 Å². The molecule has 1 aromatic heterocycles. The van der Waals surface area contributed by atoms with Crippen molar-refractivity contribution >= 4 is 34.0 Å². The summed E-state index contributed by atoms with van der Waals surface area (Å²) in [6.07, 6.45) is 0.741. The molecule has 2 rings (SSSR count). The third kappa shape index (κ3) is 4.49. The predicted octanol–water partition coefficient (Wildman–Crippen LogP) is 4.84. The molecule has 1 aromatic carbocycles. The SMILES string of the molecule is CCC(C)C(=O)OCc1csc(N(C(C)=O)c2c(C)cc(C)cc2C)n1. The number of carbonyl (C=O) groups excluding carboxylic acids is 2. The Hall–Kier alpha value is -2.21. The number of hydrogen-bond donors (Lipinski definition) is 0. The molecule has 1 atom stereocenters. The van der Waals surface area contributed by atoms with Crippen LogP contribution in [-0.2, 0) is 20.9 Å². The summed E-state index contributed by atoms with van der Waals surface area (Å²) in [6, 6.07) is 4.11. The Kier molecular flexibility index (Phi) is 6.53. The van der Waals surface area contributed by atoms with Gasteiger partial charge in [-0.1, -0.05) is 31.5 Å². The Morgan fingerprint density at radius 3 is 2.38 bits per heavy atom. The lowest BCUT2D eigenvalue weighted by Gasteiger charge is -2.23. The van der Waals surface area contributed by atoms with E-state index in [1.807, 2.05) is 40.0 Å². The van der Waals surface area contributed by atoms with Gasteiger partial charge in [0.05, 0.1) is 17.3 Å². The van der Waals surface area contributed by atoms with E-state index in [1.54, 1.807) is 4.90 Å². The first-order chi connectivity index (χ1) is 12.2. The number of carbonyl (C=O) groups is 2. The fraction of sp³-hybridized carbons (Fsp3) is 0.450. The summed E-state index contributed by atoms with van der Waals surface area (Å²) < 4.78 is 5.30. The van der Waals surface area contributed by atoms with Gasteiger partial charge in [-0.3, -0.25) is 14.5 Å². The second-order valence-corrected chi connectivity index (χ2v) is 7.48. The number of aromatic nitrogens is 1. The van der Waals surface area contributed by atoms with Crippen molar-refractivity contribution in [3.05, 3.63) is 39.9 Å². The second-order valence-electron chi connectivity index (χ2n) is 6.64. The highest BCUT2D eigenvalue weighted by molar-refractivity contribution is 7.14. The molecule has 0 bridgehead atoms. The smallest absolute Gasteiger partial charge is 0.309 e. The largest absolute Gasteiger partial charge is 0.459 e. The molecule has 0 N–H and O–H groups in total. The molecule has 0 aliphatic carbocycles. The third-order valence-corrected chi connectivity index (χ3v) is 5.16. The normalized spacial score (nSPS) is 11.9. The molecular formula is C20H26N2O3S. The lowest BCUT2D eigenvalue weighted by Crippen LogP contribution is -2.24. The van der Waals surface area contributed by atoms with E-state index in [0.717, 1.165) is 28.8 Å². The van der Waals surface area contributed by atoms with Crippen LogP contribution >= 0.6 is 11.3 Å². The standard InChI is InChI=1S/C20H26N2O3S/c1-7-13(3)19(24)25-10-17-11-26-20(21-17)22(16(6)23)18-14(4)8-12(2)9-15(18)5/h8-9,11,13H,7,10H2,1-6H3. The van der Waals surface area contributed by atoms with Crippen molar-refractivity contribution in [1.29, 1.82) is 0 Å². The van der Waals surface area contributed by atoms with Crippen LogP contribution in [0.2, 0.25) is 0 Å². The van der Waals surface area contributed by atoms with Crippen LogP contribution in [0, 0.1) is 26.7 Å². The van der Waals surface area contributed by atoms with Crippen molar-refractivity contribution in [2.24, 2.45) is 5.92 Å². The molecule has 0 radical (unpaired) electrons. The molecule has 2 aromatic rings. The van der Waals surface area contributed by atoms with Crippen LogP contribution in [0.4, 0.5) is 10.8 Å². The van der Waals surface area contributed by atoms with Crippen LogP contribution < -0.4 is 4.90 Å². The number of aryl methyl sites for hydroxylation is 3. The number of hydrogen-bond acceptors (Lipinski definition) is 5. The first kappa shape index (κ1) is 20.1. The van der Waals surface area contributed by atoms with E-state index >= 15 is 0 Å². The molecule has 26 heavy (non-hydrogen) atoms. The summed E-state index contributed by atoms with van der Waals surface area (Å²) in [7, 11) is 0. The Bertz CT molecular complexity index is 790. The quantitative estimate of drug-likeness (QED) is 0.679. The lowest BCUT2D eigenvalue weighted by molar-refractivity contribution is -0.149. The Morgan fingerprint density at radius 1 is 1.23 bits per heavy atom. The van der Waals surface area contributed by atoms with E-state index in [0.29, 0.717) is 10.8 Å². The first-order valence-corrected chi connectivity index (χ1v) is 9.62. The number of amides is 1. The summed E-state index contributed by atoms with van der Waals surface area (Å²) in [6.45, 7) is 11.5. The highest BCUT2D eigenvalue weighted by Crippen LogP contribution is 2.34. The van der Waals surface area contributed by atoms with Crippen molar-refractivity contribution in [2.45, 2.75) is 54.6 Å². The van der Waals surface area contributed by atoms with Crippen molar-refractivity contribution in [1.82, 2.24) is 4.98 Å². The molecule has 1 heterocycles. The van der Waals surface area contributed by atoms with Gasteiger partial charge in [-0.2, -0.15) is 0 Å². The second kappa shape index (κ2) is 8.45. The van der Waals surface area contributed by atoms with Crippen LogP contribution in [-0.4, -0.2) is 16.9 Å². The van der Waals surface area contributed by atoms with Crippen molar-refractivity contribution in [2.75, 3.05) is 4.90 Å². The summed E-state index contributed by atoms with van der Waals surface area (Å²) in [5.41, 5.74) is 4.72. The average Bonchev–Trinajstić information content (AvgIpc) is 3.02. The molecule has 1 unspecified atom stereocenters. The van der Waals surface area contributed by atoms with E-state index in [4.69, 9.17) is 4.74 Å². The maximum Gasteiger partial charge on any atom is 0.309 e. The molecular weight excluding hydrogens is 348 g/mol. The molecule has 0 saturated carbocycles. The van der Waals surface area contributed by atoms with Gasteiger partial charge in [0.2, 0.25) is 5.91 Å². The predicted molar refractivity (Wildman–Crippen MR) is 105 cm³/mol. The molecule has 0 aliphatic heterocycles. The number of nitrogens with zero attached hydrogens (tertiary/aromatic N) is 2. The van der Waals surface area contributed by atoms with E-state index in [9.17, 15) is 9.59 Å². The minimum atomic E-state index is -0.226. The number of benzene rings is 1. The van der Waals surface area contributed by atoms with E-state index in [2.05, 4.69) is 17.1 Å². The molecule has 0 saturated heterocycles. The zero-order valence-corrected chi connectivity index (χ0v) is 17.1. The zero-order valence-electron chi connectivity index (χ0n) is 16.3. The summed E-state index contributed by atoms with van der Waals surface area (Å²) >= 11 is 1.37. The van der Waals surface area contributed by atoms with Gasteiger partial charge in [-0.05, 0) is 38.3 Å². The van der Waals surface area contributed by atoms with E-state index in [-0.39, 0.29) is 24.4 Å². The van der Waals surface area contributed by atoms with Crippen LogP contribution in [0.3, 0.4) is 0 Å². The van der Waals surface area contributed by atoms with Gasteiger partial charge < -0.3 is 4.74 Å². The molecule has 0 spiro atoms. The Labute approximate surface area is 159 Å². The van der Waals surface area contributed by atoms with Gasteiger partial charge in [-0.15, -0.1) is 11.3 Å². The zero-order chi connectivity index (χ0) is 19.4. The number of thiazole rings is 1. The minimum absolute atomic E-state index is 0.0995. The van der Waals surface area contributed by atoms with Crippen LogP contribution in [0.1, 0.15) is 49.6 Å². The van der Waals surface area contributed by atoms with Gasteiger partial charge in [-0.25, -0.2) is 4.98 Å². The van der Waals surface area contributed by atoms with Crippen LogP contribution in [0.5, 0.6) is 0 Å². The summed E-state index contributed by atoms with van der Waals surface area (Å²) in [5, 5.41) is 2.41. The maximum atomic E-state index is 12.3. The van der Waals surface area contributed by atoms with Crippen LogP contribution in [0.25, 0.3) is 0 Å². The average molecular weight is 375 g/mol.